The van der Waals surface area contributed by atoms with E-state index in [9.17, 15) is 4.79 Å². The lowest BCUT2D eigenvalue weighted by Gasteiger charge is -1.99. The quantitative estimate of drug-likeness (QED) is 0.897. The molecule has 0 aliphatic heterocycles. The molecule has 2 rings (SSSR count). The van der Waals surface area contributed by atoms with Gasteiger partial charge in [-0.05, 0) is 12.5 Å². The zero-order valence-electron chi connectivity index (χ0n) is 9.80. The van der Waals surface area contributed by atoms with Crippen molar-refractivity contribution in [2.45, 2.75) is 13.3 Å². The highest BCUT2D eigenvalue weighted by atomic mass is 32.1. The lowest BCUT2D eigenvalue weighted by molar-refractivity contribution is 0.711. The zero-order valence-corrected chi connectivity index (χ0v) is 10.6. The minimum atomic E-state index is -0.117. The minimum Gasteiger partial charge on any atom is -0.362 e. The Labute approximate surface area is 103 Å². The summed E-state index contributed by atoms with van der Waals surface area (Å²) in [7, 11) is 1.63. The first-order valence-electron chi connectivity index (χ1n) is 5.45. The third-order valence-electron chi connectivity index (χ3n) is 2.25. The zero-order chi connectivity index (χ0) is 12.3. The van der Waals surface area contributed by atoms with Crippen molar-refractivity contribution in [2.75, 3.05) is 11.9 Å². The van der Waals surface area contributed by atoms with Crippen LogP contribution in [0.15, 0.2) is 22.3 Å². The number of rotatable bonds is 4. The van der Waals surface area contributed by atoms with E-state index in [0.29, 0.717) is 5.69 Å². The second-order valence-electron chi connectivity index (χ2n) is 3.65. The molecule has 0 saturated heterocycles. The van der Waals surface area contributed by atoms with Gasteiger partial charge in [-0.15, -0.1) is 11.3 Å². The number of hydrogen-bond donors (Lipinski definition) is 1. The molecule has 2 aromatic rings. The molecule has 17 heavy (non-hydrogen) atoms. The van der Waals surface area contributed by atoms with Gasteiger partial charge in [0.15, 0.2) is 5.13 Å². The smallest absolute Gasteiger partial charge is 0.266 e. The van der Waals surface area contributed by atoms with E-state index in [0.717, 1.165) is 23.8 Å². The van der Waals surface area contributed by atoms with Gasteiger partial charge >= 0.3 is 0 Å². The summed E-state index contributed by atoms with van der Waals surface area (Å²) >= 11 is 1.54. The maximum absolute atomic E-state index is 11.2. The van der Waals surface area contributed by atoms with Crippen LogP contribution in [0.3, 0.4) is 0 Å². The number of thiazole rings is 1. The van der Waals surface area contributed by atoms with Gasteiger partial charge in [0.05, 0.1) is 0 Å². The van der Waals surface area contributed by atoms with Crippen molar-refractivity contribution in [1.82, 2.24) is 14.8 Å². The molecule has 0 radical (unpaired) electrons. The van der Waals surface area contributed by atoms with E-state index in [1.54, 1.807) is 24.5 Å². The van der Waals surface area contributed by atoms with Gasteiger partial charge in [0, 0.05) is 25.0 Å². The van der Waals surface area contributed by atoms with Crippen molar-refractivity contribution in [2.24, 2.45) is 7.05 Å². The van der Waals surface area contributed by atoms with Crippen molar-refractivity contribution in [3.8, 4) is 11.4 Å². The average molecular weight is 250 g/mol. The SMILES string of the molecule is CCCNc1nc(-c2ccc(=O)n(C)n2)cs1. The van der Waals surface area contributed by atoms with Gasteiger partial charge in [-0.1, -0.05) is 6.92 Å². The first-order valence-corrected chi connectivity index (χ1v) is 6.33. The van der Waals surface area contributed by atoms with Crippen molar-refractivity contribution in [3.05, 3.63) is 27.9 Å². The van der Waals surface area contributed by atoms with Gasteiger partial charge < -0.3 is 5.32 Å². The Morgan fingerprint density at radius 2 is 2.24 bits per heavy atom. The van der Waals surface area contributed by atoms with Crippen LogP contribution < -0.4 is 10.9 Å². The molecule has 0 aliphatic rings. The maximum Gasteiger partial charge on any atom is 0.266 e. The molecule has 0 atom stereocenters. The van der Waals surface area contributed by atoms with Crippen LogP contribution in [0.2, 0.25) is 0 Å². The molecule has 0 spiro atoms. The fourth-order valence-electron chi connectivity index (χ4n) is 1.34. The summed E-state index contributed by atoms with van der Waals surface area (Å²) in [6, 6.07) is 3.20. The van der Waals surface area contributed by atoms with E-state index in [-0.39, 0.29) is 5.56 Å². The summed E-state index contributed by atoms with van der Waals surface area (Å²) in [5, 5.41) is 10.2. The minimum absolute atomic E-state index is 0.117. The van der Waals surface area contributed by atoms with Gasteiger partial charge in [-0.25, -0.2) is 9.67 Å². The lowest BCUT2D eigenvalue weighted by atomic mass is 10.3. The molecule has 5 nitrogen and oxygen atoms in total. The molecule has 2 aromatic heterocycles. The number of anilines is 1. The van der Waals surface area contributed by atoms with Crippen LogP contribution in [-0.2, 0) is 7.05 Å². The van der Waals surface area contributed by atoms with Crippen LogP contribution >= 0.6 is 11.3 Å². The number of nitrogens with zero attached hydrogens (tertiary/aromatic N) is 3. The van der Waals surface area contributed by atoms with E-state index >= 15 is 0 Å². The van der Waals surface area contributed by atoms with Gasteiger partial charge in [0.2, 0.25) is 0 Å². The lowest BCUT2D eigenvalue weighted by Crippen LogP contribution is -2.18. The molecule has 2 heterocycles. The van der Waals surface area contributed by atoms with Crippen LogP contribution in [0.5, 0.6) is 0 Å². The van der Waals surface area contributed by atoms with E-state index in [4.69, 9.17) is 0 Å². The van der Waals surface area contributed by atoms with Crippen LogP contribution in [-0.4, -0.2) is 21.3 Å². The van der Waals surface area contributed by atoms with E-state index in [1.165, 1.54) is 10.7 Å². The fourth-order valence-corrected chi connectivity index (χ4v) is 2.08. The maximum atomic E-state index is 11.2. The van der Waals surface area contributed by atoms with Gasteiger partial charge in [0.25, 0.3) is 5.56 Å². The van der Waals surface area contributed by atoms with Gasteiger partial charge in [-0.2, -0.15) is 5.10 Å². The monoisotopic (exact) mass is 250 g/mol. The standard InChI is InChI=1S/C11H14N4OS/c1-3-6-12-11-13-9(7-17-11)8-4-5-10(16)15(2)14-8/h4-5,7H,3,6H2,1-2H3,(H,12,13). The Balaban J connectivity index is 2.24. The van der Waals surface area contributed by atoms with Crippen LogP contribution in [0.25, 0.3) is 11.4 Å². The molecule has 0 unspecified atom stereocenters. The third-order valence-corrected chi connectivity index (χ3v) is 3.05. The summed E-state index contributed by atoms with van der Waals surface area (Å²) < 4.78 is 1.31. The Bertz CT molecular complexity index is 561. The number of aryl methyl sites for hydroxylation is 1. The molecule has 0 aromatic carbocycles. The summed E-state index contributed by atoms with van der Waals surface area (Å²) in [4.78, 5) is 15.6. The third kappa shape index (κ3) is 2.71. The molecule has 6 heteroatoms. The van der Waals surface area contributed by atoms with Crippen molar-refractivity contribution < 1.29 is 0 Å². The van der Waals surface area contributed by atoms with Crippen molar-refractivity contribution in [3.63, 3.8) is 0 Å². The molecule has 90 valence electrons. The summed E-state index contributed by atoms with van der Waals surface area (Å²) in [6.45, 7) is 3.02. The highest BCUT2D eigenvalue weighted by molar-refractivity contribution is 7.14. The average Bonchev–Trinajstić information content (AvgIpc) is 2.79. The van der Waals surface area contributed by atoms with Gasteiger partial charge in [-0.3, -0.25) is 4.79 Å². The van der Waals surface area contributed by atoms with E-state index in [1.807, 2.05) is 5.38 Å². The Morgan fingerprint density at radius 1 is 1.41 bits per heavy atom. The van der Waals surface area contributed by atoms with E-state index in [2.05, 4.69) is 22.3 Å². The normalized spacial score (nSPS) is 10.5. The molecule has 0 amide bonds. The highest BCUT2D eigenvalue weighted by Crippen LogP contribution is 2.22. The molecule has 0 saturated carbocycles. The van der Waals surface area contributed by atoms with Gasteiger partial charge in [0.1, 0.15) is 11.4 Å². The second kappa shape index (κ2) is 5.09. The number of hydrogen-bond acceptors (Lipinski definition) is 5. The van der Waals surface area contributed by atoms with E-state index < -0.39 is 0 Å². The van der Waals surface area contributed by atoms with Crippen molar-refractivity contribution in [1.29, 1.82) is 0 Å². The summed E-state index contributed by atoms with van der Waals surface area (Å²) in [5.74, 6) is 0. The Morgan fingerprint density at radius 3 is 2.94 bits per heavy atom. The fraction of sp³-hybridized carbons (Fsp3) is 0.364. The second-order valence-corrected chi connectivity index (χ2v) is 4.50. The Kier molecular flexibility index (Phi) is 3.53. The highest BCUT2D eigenvalue weighted by Gasteiger charge is 2.06. The van der Waals surface area contributed by atoms with Crippen LogP contribution in [0.4, 0.5) is 5.13 Å². The molecule has 0 aliphatic carbocycles. The Hall–Kier alpha value is -1.69. The topological polar surface area (TPSA) is 59.8 Å². The molecule has 1 N–H and O–H groups in total. The predicted octanol–water partition coefficient (Wildman–Crippen LogP) is 1.73. The number of aromatic nitrogens is 3. The summed E-state index contributed by atoms with van der Waals surface area (Å²) in [5.41, 5.74) is 1.39. The van der Waals surface area contributed by atoms with Crippen LogP contribution in [0.1, 0.15) is 13.3 Å². The number of nitrogens with one attached hydrogen (secondary N) is 1. The molecular weight excluding hydrogens is 236 g/mol. The molecule has 0 bridgehead atoms. The molecular formula is C11H14N4OS. The summed E-state index contributed by atoms with van der Waals surface area (Å²) in [6.07, 6.45) is 1.06. The first kappa shape index (κ1) is 11.8. The van der Waals surface area contributed by atoms with Crippen LogP contribution in [0, 0.1) is 0 Å². The predicted molar refractivity (Wildman–Crippen MR) is 69.4 cm³/mol. The molecule has 0 fully saturated rings. The largest absolute Gasteiger partial charge is 0.362 e. The van der Waals surface area contributed by atoms with Crippen molar-refractivity contribution >= 4 is 16.5 Å². The first-order chi connectivity index (χ1) is 8.20.